The van der Waals surface area contributed by atoms with Crippen LogP contribution in [0.4, 0.5) is 0 Å². The Labute approximate surface area is 144 Å². The average Bonchev–Trinajstić information content (AvgIpc) is 3.21. The third-order valence-electron chi connectivity index (χ3n) is 3.54. The first-order chi connectivity index (χ1) is 11.2. The fourth-order valence-electron chi connectivity index (χ4n) is 2.36. The highest BCUT2D eigenvalue weighted by atomic mass is 35.5. The van der Waals surface area contributed by atoms with E-state index in [0.717, 1.165) is 14.9 Å². The summed E-state index contributed by atoms with van der Waals surface area (Å²) in [6.07, 6.45) is 3.28. The van der Waals surface area contributed by atoms with Crippen molar-refractivity contribution >= 4 is 28.8 Å². The molecule has 0 saturated carbocycles. The van der Waals surface area contributed by atoms with Crippen molar-refractivity contribution in [2.24, 2.45) is 0 Å². The first-order valence-corrected chi connectivity index (χ1v) is 8.49. The van der Waals surface area contributed by atoms with Gasteiger partial charge in [0.25, 0.3) is 5.91 Å². The monoisotopic (exact) mass is 345 g/mol. The van der Waals surface area contributed by atoms with Gasteiger partial charge in [-0.3, -0.25) is 9.36 Å². The predicted octanol–water partition coefficient (Wildman–Crippen LogP) is 4.25. The molecule has 3 rings (SSSR count). The van der Waals surface area contributed by atoms with E-state index in [2.05, 4.69) is 4.98 Å². The second kappa shape index (κ2) is 6.98. The fourth-order valence-corrected chi connectivity index (χ4v) is 3.46. The highest BCUT2D eigenvalue weighted by molar-refractivity contribution is 7.16. The van der Waals surface area contributed by atoms with E-state index in [1.54, 1.807) is 17.4 Å². The lowest BCUT2D eigenvalue weighted by Gasteiger charge is -2.20. The van der Waals surface area contributed by atoms with Crippen molar-refractivity contribution in [3.63, 3.8) is 0 Å². The van der Waals surface area contributed by atoms with Gasteiger partial charge in [0.05, 0.1) is 23.4 Å². The van der Waals surface area contributed by atoms with Crippen molar-refractivity contribution < 1.29 is 4.79 Å². The predicted molar refractivity (Wildman–Crippen MR) is 93.3 cm³/mol. The third-order valence-corrected chi connectivity index (χ3v) is 4.75. The van der Waals surface area contributed by atoms with Crippen LogP contribution in [-0.2, 0) is 6.54 Å². The van der Waals surface area contributed by atoms with Gasteiger partial charge in [-0.15, -0.1) is 11.3 Å². The number of para-hydroxylation sites is 1. The maximum Gasteiger partial charge on any atom is 0.272 e. The zero-order chi connectivity index (χ0) is 16.2. The Hall–Kier alpha value is -2.11. The fraction of sp³-hybridized carbons (Fsp3) is 0.176. The van der Waals surface area contributed by atoms with Gasteiger partial charge in [0.2, 0.25) is 0 Å². The second-order valence-corrected chi connectivity index (χ2v) is 6.81. The SMILES string of the molecule is CCN(Cc1ccc(Cl)s1)C(=O)c1cncn1-c1ccccc1. The summed E-state index contributed by atoms with van der Waals surface area (Å²) in [4.78, 5) is 19.9. The van der Waals surface area contributed by atoms with Gasteiger partial charge in [0.15, 0.2) is 0 Å². The van der Waals surface area contributed by atoms with Crippen LogP contribution in [0.3, 0.4) is 0 Å². The minimum absolute atomic E-state index is 0.0432. The molecule has 118 valence electrons. The van der Waals surface area contributed by atoms with Crippen LogP contribution in [0.25, 0.3) is 5.69 Å². The Morgan fingerprint density at radius 3 is 2.70 bits per heavy atom. The Morgan fingerprint density at radius 1 is 1.26 bits per heavy atom. The smallest absolute Gasteiger partial charge is 0.272 e. The number of nitrogens with zero attached hydrogens (tertiary/aromatic N) is 3. The molecular formula is C17H16ClN3OS. The molecule has 6 heteroatoms. The van der Waals surface area contributed by atoms with Crippen LogP contribution in [-0.4, -0.2) is 26.9 Å². The molecular weight excluding hydrogens is 330 g/mol. The Morgan fingerprint density at radius 2 is 2.04 bits per heavy atom. The van der Waals surface area contributed by atoms with E-state index in [9.17, 15) is 4.79 Å². The lowest BCUT2D eigenvalue weighted by Crippen LogP contribution is -2.31. The van der Waals surface area contributed by atoms with E-state index >= 15 is 0 Å². The largest absolute Gasteiger partial charge is 0.332 e. The van der Waals surface area contributed by atoms with Crippen molar-refractivity contribution in [3.8, 4) is 5.69 Å². The van der Waals surface area contributed by atoms with Crippen LogP contribution in [0.5, 0.6) is 0 Å². The number of amides is 1. The van der Waals surface area contributed by atoms with Gasteiger partial charge in [-0.2, -0.15) is 0 Å². The van der Waals surface area contributed by atoms with Gasteiger partial charge in [0, 0.05) is 17.1 Å². The molecule has 0 N–H and O–H groups in total. The number of hydrogen-bond acceptors (Lipinski definition) is 3. The van der Waals surface area contributed by atoms with E-state index in [4.69, 9.17) is 11.6 Å². The molecule has 4 nitrogen and oxygen atoms in total. The lowest BCUT2D eigenvalue weighted by molar-refractivity contribution is 0.0746. The summed E-state index contributed by atoms with van der Waals surface area (Å²) < 4.78 is 2.55. The van der Waals surface area contributed by atoms with Gasteiger partial charge in [-0.25, -0.2) is 4.98 Å². The van der Waals surface area contributed by atoms with E-state index in [1.807, 2.05) is 54.0 Å². The highest BCUT2D eigenvalue weighted by Crippen LogP contribution is 2.23. The molecule has 0 bridgehead atoms. The van der Waals surface area contributed by atoms with Crippen molar-refractivity contribution in [2.45, 2.75) is 13.5 Å². The molecule has 0 spiro atoms. The molecule has 0 unspecified atom stereocenters. The minimum Gasteiger partial charge on any atom is -0.332 e. The molecule has 1 aromatic carbocycles. The molecule has 0 atom stereocenters. The van der Waals surface area contributed by atoms with Crippen LogP contribution in [0, 0.1) is 0 Å². The van der Waals surface area contributed by atoms with E-state index < -0.39 is 0 Å². The van der Waals surface area contributed by atoms with E-state index in [1.165, 1.54) is 11.3 Å². The molecule has 0 radical (unpaired) electrons. The van der Waals surface area contributed by atoms with Gasteiger partial charge >= 0.3 is 0 Å². The van der Waals surface area contributed by atoms with Gasteiger partial charge in [-0.1, -0.05) is 29.8 Å². The minimum atomic E-state index is -0.0432. The first kappa shape index (κ1) is 15.8. The highest BCUT2D eigenvalue weighted by Gasteiger charge is 2.19. The summed E-state index contributed by atoms with van der Waals surface area (Å²) in [6.45, 7) is 3.14. The van der Waals surface area contributed by atoms with Gasteiger partial charge in [0.1, 0.15) is 5.69 Å². The van der Waals surface area contributed by atoms with Crippen LogP contribution in [0.15, 0.2) is 55.0 Å². The first-order valence-electron chi connectivity index (χ1n) is 7.30. The number of halogens is 1. The summed E-state index contributed by atoms with van der Waals surface area (Å²) in [5, 5.41) is 0. The maximum atomic E-state index is 12.9. The van der Waals surface area contributed by atoms with Gasteiger partial charge < -0.3 is 4.90 Å². The van der Waals surface area contributed by atoms with Crippen LogP contribution < -0.4 is 0 Å². The topological polar surface area (TPSA) is 38.1 Å². The third kappa shape index (κ3) is 3.46. The number of rotatable bonds is 5. The Bertz CT molecular complexity index is 797. The van der Waals surface area contributed by atoms with Gasteiger partial charge in [-0.05, 0) is 31.2 Å². The number of carbonyl (C=O) groups is 1. The van der Waals surface area contributed by atoms with Crippen LogP contribution in [0.2, 0.25) is 4.34 Å². The molecule has 0 aliphatic carbocycles. The summed E-state index contributed by atoms with van der Waals surface area (Å²) in [5.41, 5.74) is 1.48. The summed E-state index contributed by atoms with van der Waals surface area (Å²) in [7, 11) is 0. The Balaban J connectivity index is 1.86. The molecule has 0 fully saturated rings. The quantitative estimate of drug-likeness (QED) is 0.693. The second-order valence-electron chi connectivity index (χ2n) is 5.01. The maximum absolute atomic E-state index is 12.9. The lowest BCUT2D eigenvalue weighted by atomic mass is 10.3. The van der Waals surface area contributed by atoms with Crippen molar-refractivity contribution in [2.75, 3.05) is 6.54 Å². The van der Waals surface area contributed by atoms with Crippen molar-refractivity contribution in [1.29, 1.82) is 0 Å². The van der Waals surface area contributed by atoms with E-state index in [0.29, 0.717) is 18.8 Å². The molecule has 2 heterocycles. The molecule has 2 aromatic heterocycles. The van der Waals surface area contributed by atoms with Crippen LogP contribution in [0.1, 0.15) is 22.3 Å². The summed E-state index contributed by atoms with van der Waals surface area (Å²) in [6, 6.07) is 13.5. The summed E-state index contributed by atoms with van der Waals surface area (Å²) in [5.74, 6) is -0.0432. The number of aromatic nitrogens is 2. The Kier molecular flexibility index (Phi) is 4.79. The number of benzene rings is 1. The molecule has 0 saturated heterocycles. The number of hydrogen-bond donors (Lipinski definition) is 0. The van der Waals surface area contributed by atoms with E-state index in [-0.39, 0.29) is 5.91 Å². The standard InChI is InChI=1S/C17H16ClN3OS/c1-2-20(11-14-8-9-16(18)23-14)17(22)15-10-19-12-21(15)13-6-4-3-5-7-13/h3-10,12H,2,11H2,1H3. The molecule has 0 aliphatic heterocycles. The molecule has 23 heavy (non-hydrogen) atoms. The number of carbonyl (C=O) groups excluding carboxylic acids is 1. The number of thiophene rings is 1. The summed E-state index contributed by atoms with van der Waals surface area (Å²) >= 11 is 7.47. The van der Waals surface area contributed by atoms with Crippen LogP contribution >= 0.6 is 22.9 Å². The van der Waals surface area contributed by atoms with Crippen molar-refractivity contribution in [3.05, 3.63) is 69.9 Å². The normalized spacial score (nSPS) is 10.7. The zero-order valence-electron chi connectivity index (χ0n) is 12.6. The average molecular weight is 346 g/mol. The number of imidazole rings is 1. The van der Waals surface area contributed by atoms with Crippen molar-refractivity contribution in [1.82, 2.24) is 14.5 Å². The molecule has 0 aliphatic rings. The zero-order valence-corrected chi connectivity index (χ0v) is 14.2. The molecule has 1 amide bonds. The molecule has 3 aromatic rings.